The molecule has 1 aromatic rings. The summed E-state index contributed by atoms with van der Waals surface area (Å²) in [7, 11) is 0. The molecule has 0 N–H and O–H groups in total. The van der Waals surface area contributed by atoms with Crippen molar-refractivity contribution in [3.05, 3.63) is 35.4 Å². The molecule has 0 spiro atoms. The number of hydrogen-bond donors (Lipinski definition) is 0. The van der Waals surface area contributed by atoms with Gasteiger partial charge in [-0.2, -0.15) is 0 Å². The molecule has 2 rings (SSSR count). The van der Waals surface area contributed by atoms with Gasteiger partial charge in [0.25, 0.3) is 0 Å². The quantitative estimate of drug-likeness (QED) is 0.857. The average molecular weight is 316 g/mol. The highest BCUT2D eigenvalue weighted by molar-refractivity contribution is 5.79. The summed E-state index contributed by atoms with van der Waals surface area (Å²) in [6.45, 7) is 8.99. The van der Waals surface area contributed by atoms with Gasteiger partial charge in [-0.05, 0) is 24.8 Å². The smallest absolute Gasteiger partial charge is 0.227 e. The van der Waals surface area contributed by atoms with Crippen LogP contribution in [-0.2, 0) is 16.0 Å². The van der Waals surface area contributed by atoms with Crippen LogP contribution >= 0.6 is 0 Å². The Morgan fingerprint density at radius 1 is 0.957 bits per heavy atom. The fourth-order valence-corrected chi connectivity index (χ4v) is 2.89. The van der Waals surface area contributed by atoms with Crippen LogP contribution in [0.2, 0.25) is 0 Å². The van der Waals surface area contributed by atoms with E-state index in [0.717, 1.165) is 25.1 Å². The number of carbonyl (C=O) groups excluding carboxylic acids is 2. The molecule has 1 aliphatic rings. The van der Waals surface area contributed by atoms with Crippen LogP contribution in [-0.4, -0.2) is 47.8 Å². The van der Waals surface area contributed by atoms with Crippen molar-refractivity contribution in [2.45, 2.75) is 40.0 Å². The molecule has 0 unspecified atom stereocenters. The van der Waals surface area contributed by atoms with Crippen molar-refractivity contribution in [1.29, 1.82) is 0 Å². The van der Waals surface area contributed by atoms with Crippen molar-refractivity contribution in [3.8, 4) is 0 Å². The van der Waals surface area contributed by atoms with Crippen LogP contribution < -0.4 is 0 Å². The molecule has 0 bridgehead atoms. The van der Waals surface area contributed by atoms with E-state index < -0.39 is 0 Å². The van der Waals surface area contributed by atoms with Gasteiger partial charge in [-0.25, -0.2) is 0 Å². The molecule has 1 fully saturated rings. The number of benzene rings is 1. The monoisotopic (exact) mass is 316 g/mol. The molecule has 4 nitrogen and oxygen atoms in total. The maximum atomic E-state index is 12.5. The van der Waals surface area contributed by atoms with E-state index in [9.17, 15) is 9.59 Å². The largest absolute Gasteiger partial charge is 0.341 e. The van der Waals surface area contributed by atoms with Crippen LogP contribution in [0.25, 0.3) is 0 Å². The van der Waals surface area contributed by atoms with Gasteiger partial charge in [0.1, 0.15) is 0 Å². The van der Waals surface area contributed by atoms with Gasteiger partial charge < -0.3 is 9.80 Å². The lowest BCUT2D eigenvalue weighted by Crippen LogP contribution is -2.38. The zero-order chi connectivity index (χ0) is 16.8. The van der Waals surface area contributed by atoms with E-state index in [-0.39, 0.29) is 11.8 Å². The minimum absolute atomic E-state index is 0.159. The van der Waals surface area contributed by atoms with Crippen molar-refractivity contribution in [1.82, 2.24) is 9.80 Å². The Morgan fingerprint density at radius 3 is 2.09 bits per heavy atom. The zero-order valence-electron chi connectivity index (χ0n) is 14.5. The number of amides is 2. The molecular formula is C19H28N2O2. The molecule has 1 aliphatic heterocycles. The Labute approximate surface area is 139 Å². The Morgan fingerprint density at radius 2 is 1.52 bits per heavy atom. The van der Waals surface area contributed by atoms with E-state index in [0.29, 0.717) is 31.8 Å². The fourth-order valence-electron chi connectivity index (χ4n) is 2.89. The van der Waals surface area contributed by atoms with Crippen molar-refractivity contribution in [3.63, 3.8) is 0 Å². The summed E-state index contributed by atoms with van der Waals surface area (Å²) in [6.07, 6.45) is 1.90. The molecule has 0 aliphatic carbocycles. The third-order valence-corrected chi connectivity index (χ3v) is 4.26. The number of nitrogens with zero attached hydrogens (tertiary/aromatic N) is 2. The van der Waals surface area contributed by atoms with Crippen LogP contribution in [0.1, 0.15) is 37.8 Å². The van der Waals surface area contributed by atoms with Gasteiger partial charge in [-0.3, -0.25) is 9.59 Å². The summed E-state index contributed by atoms with van der Waals surface area (Å²) in [4.78, 5) is 28.5. The summed E-state index contributed by atoms with van der Waals surface area (Å²) < 4.78 is 0. The zero-order valence-corrected chi connectivity index (χ0v) is 14.5. The predicted molar refractivity (Wildman–Crippen MR) is 92.1 cm³/mol. The second-order valence-corrected chi connectivity index (χ2v) is 6.88. The molecule has 0 saturated carbocycles. The van der Waals surface area contributed by atoms with Gasteiger partial charge >= 0.3 is 0 Å². The second kappa shape index (κ2) is 8.14. The number of carbonyl (C=O) groups is 2. The van der Waals surface area contributed by atoms with Crippen molar-refractivity contribution in [2.24, 2.45) is 5.92 Å². The Bertz CT molecular complexity index is 537. The number of hydrogen-bond acceptors (Lipinski definition) is 2. The molecular weight excluding hydrogens is 288 g/mol. The first-order valence-electron chi connectivity index (χ1n) is 8.57. The lowest BCUT2D eigenvalue weighted by molar-refractivity contribution is -0.133. The normalized spacial score (nSPS) is 15.7. The number of rotatable bonds is 4. The first-order chi connectivity index (χ1) is 11.0. The lowest BCUT2D eigenvalue weighted by Gasteiger charge is -2.23. The van der Waals surface area contributed by atoms with Crippen LogP contribution in [0.15, 0.2) is 24.3 Å². The Kier molecular flexibility index (Phi) is 6.20. The van der Waals surface area contributed by atoms with Gasteiger partial charge in [-0.15, -0.1) is 0 Å². The fraction of sp³-hybridized carbons (Fsp3) is 0.579. The second-order valence-electron chi connectivity index (χ2n) is 6.88. The molecule has 4 heteroatoms. The molecule has 0 aromatic heterocycles. The third kappa shape index (κ3) is 5.38. The minimum atomic E-state index is 0.159. The third-order valence-electron chi connectivity index (χ3n) is 4.26. The van der Waals surface area contributed by atoms with E-state index in [4.69, 9.17) is 0 Å². The summed E-state index contributed by atoms with van der Waals surface area (Å²) in [5.74, 6) is 0.755. The minimum Gasteiger partial charge on any atom is -0.341 e. The topological polar surface area (TPSA) is 40.6 Å². The lowest BCUT2D eigenvalue weighted by atomic mass is 10.1. The number of aryl methyl sites for hydroxylation is 1. The van der Waals surface area contributed by atoms with Crippen molar-refractivity contribution < 1.29 is 9.59 Å². The van der Waals surface area contributed by atoms with E-state index in [1.807, 2.05) is 41.0 Å². The maximum Gasteiger partial charge on any atom is 0.227 e. The summed E-state index contributed by atoms with van der Waals surface area (Å²) in [6, 6.07) is 8.11. The van der Waals surface area contributed by atoms with Gasteiger partial charge in [0.05, 0.1) is 6.42 Å². The highest BCUT2D eigenvalue weighted by atomic mass is 16.2. The molecule has 23 heavy (non-hydrogen) atoms. The molecule has 1 aromatic carbocycles. The van der Waals surface area contributed by atoms with Gasteiger partial charge in [-0.1, -0.05) is 43.7 Å². The highest BCUT2D eigenvalue weighted by Crippen LogP contribution is 2.11. The SMILES string of the molecule is Cc1ccc(CC(=O)N2CCCN(C(=O)CC(C)C)CC2)cc1. The first-order valence-corrected chi connectivity index (χ1v) is 8.57. The summed E-state index contributed by atoms with van der Waals surface area (Å²) in [5, 5.41) is 0. The van der Waals surface area contributed by atoms with E-state index in [1.54, 1.807) is 0 Å². The van der Waals surface area contributed by atoms with E-state index >= 15 is 0 Å². The molecule has 0 radical (unpaired) electrons. The first kappa shape index (κ1) is 17.5. The average Bonchev–Trinajstić information content (AvgIpc) is 2.75. The summed E-state index contributed by atoms with van der Waals surface area (Å²) >= 11 is 0. The van der Waals surface area contributed by atoms with Gasteiger partial charge in [0.2, 0.25) is 11.8 Å². The van der Waals surface area contributed by atoms with E-state index in [2.05, 4.69) is 13.8 Å². The van der Waals surface area contributed by atoms with Crippen LogP contribution in [0.4, 0.5) is 0 Å². The Hall–Kier alpha value is -1.84. The van der Waals surface area contributed by atoms with Crippen molar-refractivity contribution >= 4 is 11.8 Å². The molecule has 2 amide bonds. The molecule has 1 saturated heterocycles. The highest BCUT2D eigenvalue weighted by Gasteiger charge is 2.22. The van der Waals surface area contributed by atoms with Crippen LogP contribution in [0.3, 0.4) is 0 Å². The summed E-state index contributed by atoms with van der Waals surface area (Å²) in [5.41, 5.74) is 2.26. The van der Waals surface area contributed by atoms with Crippen molar-refractivity contribution in [2.75, 3.05) is 26.2 Å². The molecule has 0 atom stereocenters. The standard InChI is InChI=1S/C19H28N2O2/c1-15(2)13-18(22)20-9-4-10-21(12-11-20)19(23)14-17-7-5-16(3)6-8-17/h5-8,15H,4,9-14H2,1-3H3. The molecule has 1 heterocycles. The van der Waals surface area contributed by atoms with Gasteiger partial charge in [0, 0.05) is 32.6 Å². The molecule has 126 valence electrons. The Balaban J connectivity index is 1.88. The maximum absolute atomic E-state index is 12.5. The van der Waals surface area contributed by atoms with Gasteiger partial charge in [0.15, 0.2) is 0 Å². The predicted octanol–water partition coefficient (Wildman–Crippen LogP) is 2.64. The van der Waals surface area contributed by atoms with E-state index in [1.165, 1.54) is 5.56 Å². The van der Waals surface area contributed by atoms with Crippen LogP contribution in [0.5, 0.6) is 0 Å². The van der Waals surface area contributed by atoms with Crippen LogP contribution in [0, 0.1) is 12.8 Å².